The molecular weight excluding hydrogens is 500 g/mol. The Morgan fingerprint density at radius 2 is 2.03 bits per heavy atom. The first kappa shape index (κ1) is 26.0. The molecule has 10 heteroatoms. The number of ether oxygens (including phenoxy) is 4. The van der Waals surface area contributed by atoms with Crippen molar-refractivity contribution in [3.63, 3.8) is 0 Å². The third-order valence-corrected chi connectivity index (χ3v) is 6.95. The average Bonchev–Trinajstić information content (AvgIpc) is 3.48. The molecule has 0 spiro atoms. The molecule has 4 rings (SSSR count). The molecule has 1 N–H and O–H groups in total. The van der Waals surface area contributed by atoms with Crippen molar-refractivity contribution in [2.45, 2.75) is 25.9 Å². The summed E-state index contributed by atoms with van der Waals surface area (Å²) in [5.41, 5.74) is 1.40. The Morgan fingerprint density at radius 1 is 1.22 bits per heavy atom. The van der Waals surface area contributed by atoms with E-state index in [-0.39, 0.29) is 24.5 Å². The first-order chi connectivity index (χ1) is 17.5. The van der Waals surface area contributed by atoms with E-state index in [9.17, 15) is 9.59 Å². The minimum Gasteiger partial charge on any atom is -0.494 e. The number of methoxy groups -OCH3 is 1. The van der Waals surface area contributed by atoms with Crippen molar-refractivity contribution in [3.05, 3.63) is 52.9 Å². The maximum Gasteiger partial charge on any atom is 0.266 e. The summed E-state index contributed by atoms with van der Waals surface area (Å²) in [6.45, 7) is 3.51. The van der Waals surface area contributed by atoms with Crippen molar-refractivity contribution in [2.24, 2.45) is 0 Å². The molecule has 2 aliphatic rings. The lowest BCUT2D eigenvalue weighted by Gasteiger charge is -2.18. The number of hydrogen-bond donors (Lipinski definition) is 1. The van der Waals surface area contributed by atoms with Crippen LogP contribution >= 0.6 is 24.0 Å². The van der Waals surface area contributed by atoms with Crippen LogP contribution in [0.2, 0.25) is 0 Å². The predicted octanol–water partition coefficient (Wildman–Crippen LogP) is 4.49. The quantitative estimate of drug-likeness (QED) is 0.357. The van der Waals surface area contributed by atoms with Crippen LogP contribution in [0.5, 0.6) is 17.2 Å². The summed E-state index contributed by atoms with van der Waals surface area (Å²) in [5, 5.41) is 2.78. The van der Waals surface area contributed by atoms with Gasteiger partial charge in [0.2, 0.25) is 0 Å². The third-order valence-electron chi connectivity index (χ3n) is 5.58. The molecular formula is C26H28N2O6S2. The molecule has 0 aliphatic carbocycles. The number of carbonyl (C=O) groups excluding carboxylic acids is 2. The fraction of sp³-hybridized carbons (Fsp3) is 0.346. The van der Waals surface area contributed by atoms with Gasteiger partial charge in [-0.25, -0.2) is 0 Å². The molecule has 2 aromatic carbocycles. The maximum atomic E-state index is 12.9. The molecule has 8 nitrogen and oxygen atoms in total. The van der Waals surface area contributed by atoms with Gasteiger partial charge in [0.25, 0.3) is 11.8 Å². The molecule has 36 heavy (non-hydrogen) atoms. The van der Waals surface area contributed by atoms with E-state index < -0.39 is 0 Å². The summed E-state index contributed by atoms with van der Waals surface area (Å²) in [4.78, 5) is 27.4. The van der Waals surface area contributed by atoms with E-state index in [1.165, 1.54) is 18.9 Å². The summed E-state index contributed by atoms with van der Waals surface area (Å²) >= 11 is 6.70. The zero-order valence-electron chi connectivity index (χ0n) is 20.2. The monoisotopic (exact) mass is 528 g/mol. The van der Waals surface area contributed by atoms with Gasteiger partial charge in [-0.15, -0.1) is 0 Å². The SMILES string of the molecule is CCOc1ccc(NC(=O)COc2ccc(/C=C3\SC(=S)N(C[C@H]4CCCO4)C3=O)cc2OC)cc1. The number of nitrogens with zero attached hydrogens (tertiary/aromatic N) is 1. The minimum absolute atomic E-state index is 0.0370. The molecule has 0 saturated carbocycles. The molecule has 0 aromatic heterocycles. The highest BCUT2D eigenvalue weighted by Crippen LogP contribution is 2.35. The smallest absolute Gasteiger partial charge is 0.266 e. The van der Waals surface area contributed by atoms with Crippen LogP contribution in [0.3, 0.4) is 0 Å². The predicted molar refractivity (Wildman–Crippen MR) is 144 cm³/mol. The number of amides is 2. The highest BCUT2D eigenvalue weighted by Gasteiger charge is 2.34. The van der Waals surface area contributed by atoms with Crippen LogP contribution in [0, 0.1) is 0 Å². The zero-order valence-corrected chi connectivity index (χ0v) is 21.8. The molecule has 0 radical (unpaired) electrons. The van der Waals surface area contributed by atoms with E-state index >= 15 is 0 Å². The molecule has 2 aromatic rings. The van der Waals surface area contributed by atoms with E-state index in [1.807, 2.05) is 6.92 Å². The number of nitrogens with one attached hydrogen (secondary N) is 1. The lowest BCUT2D eigenvalue weighted by Crippen LogP contribution is -2.35. The third kappa shape index (κ3) is 6.57. The van der Waals surface area contributed by atoms with Gasteiger partial charge in [-0.2, -0.15) is 0 Å². The largest absolute Gasteiger partial charge is 0.494 e. The van der Waals surface area contributed by atoms with Gasteiger partial charge in [0.15, 0.2) is 18.1 Å². The van der Waals surface area contributed by atoms with Gasteiger partial charge in [0.1, 0.15) is 10.1 Å². The van der Waals surface area contributed by atoms with Gasteiger partial charge in [0, 0.05) is 12.3 Å². The number of thiocarbonyl (C=S) groups is 1. The van der Waals surface area contributed by atoms with E-state index in [0.717, 1.165) is 30.8 Å². The Kier molecular flexibility index (Phi) is 8.84. The first-order valence-corrected chi connectivity index (χ1v) is 12.9. The Bertz CT molecular complexity index is 1150. The number of thioether (sulfide) groups is 1. The van der Waals surface area contributed by atoms with Gasteiger partial charge < -0.3 is 24.3 Å². The van der Waals surface area contributed by atoms with Crippen molar-refractivity contribution in [2.75, 3.05) is 38.8 Å². The number of anilines is 1. The fourth-order valence-electron chi connectivity index (χ4n) is 3.84. The highest BCUT2D eigenvalue weighted by molar-refractivity contribution is 8.26. The highest BCUT2D eigenvalue weighted by atomic mass is 32.2. The minimum atomic E-state index is -0.305. The molecule has 2 saturated heterocycles. The number of rotatable bonds is 10. The van der Waals surface area contributed by atoms with Crippen molar-refractivity contribution in [1.82, 2.24) is 4.90 Å². The van der Waals surface area contributed by atoms with Crippen LogP contribution in [0.15, 0.2) is 47.4 Å². The van der Waals surface area contributed by atoms with Gasteiger partial charge in [-0.05, 0) is 67.8 Å². The van der Waals surface area contributed by atoms with Crippen LogP contribution in [0.25, 0.3) is 6.08 Å². The fourth-order valence-corrected chi connectivity index (χ4v) is 5.11. The lowest BCUT2D eigenvalue weighted by atomic mass is 10.1. The summed E-state index contributed by atoms with van der Waals surface area (Å²) in [6, 6.07) is 12.4. The number of benzene rings is 2. The lowest BCUT2D eigenvalue weighted by molar-refractivity contribution is -0.123. The molecule has 2 heterocycles. The Labute approximate surface area is 219 Å². The van der Waals surface area contributed by atoms with Crippen molar-refractivity contribution >= 4 is 51.9 Å². The molecule has 1 atom stereocenters. The van der Waals surface area contributed by atoms with Crippen LogP contribution in [0.4, 0.5) is 5.69 Å². The van der Waals surface area contributed by atoms with Crippen LogP contribution in [-0.2, 0) is 14.3 Å². The van der Waals surface area contributed by atoms with Gasteiger partial charge in [-0.3, -0.25) is 14.5 Å². The summed E-state index contributed by atoms with van der Waals surface area (Å²) in [7, 11) is 1.52. The van der Waals surface area contributed by atoms with E-state index in [1.54, 1.807) is 53.4 Å². The van der Waals surface area contributed by atoms with Gasteiger partial charge in [0.05, 0.1) is 31.3 Å². The average molecular weight is 529 g/mol. The second-order valence-corrected chi connectivity index (χ2v) is 9.81. The van der Waals surface area contributed by atoms with Crippen LogP contribution < -0.4 is 19.5 Å². The standard InChI is InChI=1S/C26H28N2O6S2/c1-3-32-19-9-7-18(8-10-19)27-24(29)16-34-21-11-6-17(13-22(21)31-2)14-23-25(30)28(26(35)36-23)15-20-5-4-12-33-20/h6-11,13-14,20H,3-5,12,15-16H2,1-2H3,(H,27,29)/b23-14-/t20-/m1/s1. The Balaban J connectivity index is 1.36. The first-order valence-electron chi connectivity index (χ1n) is 11.7. The van der Waals surface area contributed by atoms with Crippen LogP contribution in [-0.4, -0.2) is 60.6 Å². The Hall–Kier alpha value is -3.08. The maximum absolute atomic E-state index is 12.9. The molecule has 0 bridgehead atoms. The molecule has 0 unspecified atom stereocenters. The molecule has 2 aliphatic heterocycles. The van der Waals surface area contributed by atoms with Gasteiger partial charge in [-0.1, -0.05) is 30.0 Å². The number of carbonyl (C=O) groups is 2. The normalized spacial score (nSPS) is 18.6. The molecule has 2 fully saturated rings. The summed E-state index contributed by atoms with van der Waals surface area (Å²) in [5.74, 6) is 1.18. The second kappa shape index (κ2) is 12.2. The summed E-state index contributed by atoms with van der Waals surface area (Å²) < 4.78 is 22.7. The van der Waals surface area contributed by atoms with Crippen molar-refractivity contribution in [3.8, 4) is 17.2 Å². The number of hydrogen-bond acceptors (Lipinski definition) is 8. The van der Waals surface area contributed by atoms with E-state index in [4.69, 9.17) is 31.2 Å². The molecule has 190 valence electrons. The Morgan fingerprint density at radius 3 is 2.72 bits per heavy atom. The summed E-state index contributed by atoms with van der Waals surface area (Å²) in [6.07, 6.45) is 3.76. The van der Waals surface area contributed by atoms with E-state index in [0.29, 0.717) is 39.6 Å². The van der Waals surface area contributed by atoms with Gasteiger partial charge >= 0.3 is 0 Å². The van der Waals surface area contributed by atoms with E-state index in [2.05, 4.69) is 5.32 Å². The molecule has 2 amide bonds. The van der Waals surface area contributed by atoms with Crippen LogP contribution in [0.1, 0.15) is 25.3 Å². The topological polar surface area (TPSA) is 86.3 Å². The van der Waals surface area contributed by atoms with Crippen molar-refractivity contribution in [1.29, 1.82) is 0 Å². The second-order valence-electron chi connectivity index (χ2n) is 8.13. The zero-order chi connectivity index (χ0) is 25.5. The van der Waals surface area contributed by atoms with Crippen molar-refractivity contribution < 1.29 is 28.5 Å².